The lowest BCUT2D eigenvalue weighted by molar-refractivity contribution is 0.411. The third kappa shape index (κ3) is 2.27. The monoisotopic (exact) mass is 299 g/mol. The van der Waals surface area contributed by atoms with Crippen LogP contribution >= 0.6 is 0 Å². The van der Waals surface area contributed by atoms with Gasteiger partial charge in [-0.1, -0.05) is 0 Å². The Morgan fingerprint density at radius 1 is 1.14 bits per heavy atom. The van der Waals surface area contributed by atoms with Crippen molar-refractivity contribution >= 4 is 16.7 Å². The van der Waals surface area contributed by atoms with E-state index in [2.05, 4.69) is 25.3 Å². The van der Waals surface area contributed by atoms with E-state index >= 15 is 0 Å². The predicted molar refractivity (Wildman–Crippen MR) is 88.4 cm³/mol. The summed E-state index contributed by atoms with van der Waals surface area (Å²) in [4.78, 5) is 4.82. The van der Waals surface area contributed by atoms with Crippen LogP contribution in [0.2, 0.25) is 0 Å². The minimum Gasteiger partial charge on any atom is -0.496 e. The van der Waals surface area contributed by atoms with Crippen LogP contribution in [0.4, 0.5) is 5.82 Å². The number of nitrogens with zero attached hydrogens (tertiary/aromatic N) is 2. The summed E-state index contributed by atoms with van der Waals surface area (Å²) >= 11 is 0. The van der Waals surface area contributed by atoms with E-state index in [-0.39, 0.29) is 6.04 Å². The number of rotatable bonds is 3. The van der Waals surface area contributed by atoms with Crippen LogP contribution in [0.25, 0.3) is 10.9 Å². The molecule has 0 amide bonds. The first-order valence-corrected chi connectivity index (χ1v) is 7.32. The lowest BCUT2D eigenvalue weighted by atomic mass is 10.1. The molecule has 22 heavy (non-hydrogen) atoms. The molecule has 0 radical (unpaired) electrons. The number of nitrogens with one attached hydrogen (secondary N) is 1. The van der Waals surface area contributed by atoms with E-state index in [0.29, 0.717) is 0 Å². The van der Waals surface area contributed by atoms with Gasteiger partial charge in [0.25, 0.3) is 0 Å². The molecule has 1 aliphatic heterocycles. The number of ether oxygens (including phenoxy) is 2. The van der Waals surface area contributed by atoms with Crippen LogP contribution < -0.4 is 19.9 Å². The largest absolute Gasteiger partial charge is 0.496 e. The first-order chi connectivity index (χ1) is 10.5. The van der Waals surface area contributed by atoms with Gasteiger partial charge in [-0.2, -0.15) is 0 Å². The number of allylic oxidation sites excluding steroid dienone is 1. The number of aromatic nitrogens is 1. The lowest BCUT2D eigenvalue weighted by Gasteiger charge is -2.22. The SMILES string of the molecule is COc1ccc2c(OC)cc(N3NC(C)C=C3C)nc2c1C. The molecule has 0 fully saturated rings. The summed E-state index contributed by atoms with van der Waals surface area (Å²) in [5, 5.41) is 2.98. The minimum atomic E-state index is 0.287. The Morgan fingerprint density at radius 2 is 1.86 bits per heavy atom. The molecule has 1 atom stereocenters. The molecule has 1 unspecified atom stereocenters. The van der Waals surface area contributed by atoms with Gasteiger partial charge < -0.3 is 9.47 Å². The highest BCUT2D eigenvalue weighted by molar-refractivity contribution is 5.91. The number of anilines is 1. The van der Waals surface area contributed by atoms with Gasteiger partial charge in [-0.25, -0.2) is 10.4 Å². The summed E-state index contributed by atoms with van der Waals surface area (Å²) < 4.78 is 11.0. The molecule has 0 bridgehead atoms. The molecular formula is C17H21N3O2. The molecule has 3 rings (SSSR count). The number of hydrogen-bond donors (Lipinski definition) is 1. The average molecular weight is 299 g/mol. The van der Waals surface area contributed by atoms with E-state index in [9.17, 15) is 0 Å². The molecule has 5 heteroatoms. The molecular weight excluding hydrogens is 278 g/mol. The van der Waals surface area contributed by atoms with Crippen LogP contribution in [0.3, 0.4) is 0 Å². The number of aryl methyl sites for hydroxylation is 1. The first kappa shape index (κ1) is 14.7. The Kier molecular flexibility index (Phi) is 3.66. The van der Waals surface area contributed by atoms with E-state index in [1.807, 2.05) is 30.1 Å². The Labute approximate surface area is 130 Å². The zero-order chi connectivity index (χ0) is 15.9. The Bertz CT molecular complexity index is 755. The van der Waals surface area contributed by atoms with Crippen LogP contribution in [0.1, 0.15) is 19.4 Å². The molecule has 0 saturated heterocycles. The zero-order valence-corrected chi connectivity index (χ0v) is 13.6. The van der Waals surface area contributed by atoms with Gasteiger partial charge in [0, 0.05) is 28.8 Å². The molecule has 0 aliphatic carbocycles. The van der Waals surface area contributed by atoms with Crippen molar-refractivity contribution in [1.82, 2.24) is 10.4 Å². The highest BCUT2D eigenvalue weighted by atomic mass is 16.5. The van der Waals surface area contributed by atoms with Gasteiger partial charge in [-0.05, 0) is 39.0 Å². The van der Waals surface area contributed by atoms with Crippen molar-refractivity contribution in [2.24, 2.45) is 0 Å². The van der Waals surface area contributed by atoms with Crippen LogP contribution in [-0.4, -0.2) is 25.2 Å². The van der Waals surface area contributed by atoms with E-state index in [1.54, 1.807) is 14.2 Å². The van der Waals surface area contributed by atoms with Crippen LogP contribution in [0, 0.1) is 6.92 Å². The van der Waals surface area contributed by atoms with Gasteiger partial charge in [-0.3, -0.25) is 5.01 Å². The minimum absolute atomic E-state index is 0.287. The maximum atomic E-state index is 5.56. The maximum absolute atomic E-state index is 5.56. The molecule has 1 aromatic heterocycles. The molecule has 2 heterocycles. The Balaban J connectivity index is 2.21. The van der Waals surface area contributed by atoms with E-state index in [4.69, 9.17) is 14.5 Å². The molecule has 5 nitrogen and oxygen atoms in total. The number of benzene rings is 1. The Morgan fingerprint density at radius 3 is 2.45 bits per heavy atom. The summed E-state index contributed by atoms with van der Waals surface area (Å²) in [6.45, 7) is 6.18. The third-order valence-corrected chi connectivity index (χ3v) is 3.98. The molecule has 2 aromatic rings. The fourth-order valence-electron chi connectivity index (χ4n) is 2.90. The number of fused-ring (bicyclic) bond motifs is 1. The summed E-state index contributed by atoms with van der Waals surface area (Å²) in [5.74, 6) is 2.45. The van der Waals surface area contributed by atoms with Crippen molar-refractivity contribution in [2.45, 2.75) is 26.8 Å². The summed E-state index contributed by atoms with van der Waals surface area (Å²) in [6, 6.07) is 6.17. The van der Waals surface area contributed by atoms with Crippen LogP contribution in [0.5, 0.6) is 11.5 Å². The van der Waals surface area contributed by atoms with Crippen LogP contribution in [0.15, 0.2) is 30.0 Å². The topological polar surface area (TPSA) is 46.6 Å². The van der Waals surface area contributed by atoms with Gasteiger partial charge in [0.1, 0.15) is 11.5 Å². The third-order valence-electron chi connectivity index (χ3n) is 3.98. The molecule has 116 valence electrons. The summed E-state index contributed by atoms with van der Waals surface area (Å²) in [7, 11) is 3.35. The zero-order valence-electron chi connectivity index (χ0n) is 13.6. The summed E-state index contributed by atoms with van der Waals surface area (Å²) in [5.41, 5.74) is 6.40. The van der Waals surface area contributed by atoms with Crippen molar-refractivity contribution in [1.29, 1.82) is 0 Å². The normalized spacial score (nSPS) is 17.8. The molecule has 1 aromatic carbocycles. The smallest absolute Gasteiger partial charge is 0.151 e. The van der Waals surface area contributed by atoms with Crippen molar-refractivity contribution in [3.63, 3.8) is 0 Å². The number of methoxy groups -OCH3 is 2. The van der Waals surface area contributed by atoms with Gasteiger partial charge >= 0.3 is 0 Å². The van der Waals surface area contributed by atoms with Crippen LogP contribution in [-0.2, 0) is 0 Å². The highest BCUT2D eigenvalue weighted by Gasteiger charge is 2.21. The second kappa shape index (κ2) is 5.50. The number of pyridine rings is 1. The standard InChI is InChI=1S/C17H21N3O2/c1-10-8-11(2)20(19-10)16-9-15(22-5)13-6-7-14(21-4)12(3)17(13)18-16/h6-10,19H,1-5H3. The van der Waals surface area contributed by atoms with Gasteiger partial charge in [0.2, 0.25) is 0 Å². The van der Waals surface area contributed by atoms with E-state index < -0.39 is 0 Å². The quantitative estimate of drug-likeness (QED) is 0.943. The van der Waals surface area contributed by atoms with E-state index in [1.165, 1.54) is 0 Å². The van der Waals surface area contributed by atoms with Crippen molar-refractivity contribution in [3.05, 3.63) is 35.5 Å². The fourth-order valence-corrected chi connectivity index (χ4v) is 2.90. The second-order valence-corrected chi connectivity index (χ2v) is 5.53. The van der Waals surface area contributed by atoms with Crippen molar-refractivity contribution in [2.75, 3.05) is 19.2 Å². The highest BCUT2D eigenvalue weighted by Crippen LogP contribution is 2.35. The number of hydrazine groups is 1. The molecule has 1 aliphatic rings. The van der Waals surface area contributed by atoms with E-state index in [0.717, 1.165) is 39.5 Å². The first-order valence-electron chi connectivity index (χ1n) is 7.32. The fraction of sp³-hybridized carbons (Fsp3) is 0.353. The van der Waals surface area contributed by atoms with Gasteiger partial charge in [0.05, 0.1) is 19.7 Å². The lowest BCUT2D eigenvalue weighted by Crippen LogP contribution is -2.35. The van der Waals surface area contributed by atoms with Gasteiger partial charge in [0.15, 0.2) is 5.82 Å². The summed E-state index contributed by atoms with van der Waals surface area (Å²) in [6.07, 6.45) is 2.16. The average Bonchev–Trinajstić information content (AvgIpc) is 2.85. The molecule has 0 spiro atoms. The molecule has 0 saturated carbocycles. The second-order valence-electron chi connectivity index (χ2n) is 5.53. The number of hydrogen-bond acceptors (Lipinski definition) is 5. The maximum Gasteiger partial charge on any atom is 0.151 e. The molecule has 1 N–H and O–H groups in total. The Hall–Kier alpha value is -2.27. The van der Waals surface area contributed by atoms with Crippen molar-refractivity contribution in [3.8, 4) is 11.5 Å². The predicted octanol–water partition coefficient (Wildman–Crippen LogP) is 3.18. The van der Waals surface area contributed by atoms with Gasteiger partial charge in [-0.15, -0.1) is 0 Å². The van der Waals surface area contributed by atoms with Crippen molar-refractivity contribution < 1.29 is 9.47 Å².